The van der Waals surface area contributed by atoms with E-state index in [1.807, 2.05) is 13.8 Å². The second kappa shape index (κ2) is 10.1. The molecule has 0 bridgehead atoms. The smallest absolute Gasteiger partial charge is 0.255 e. The summed E-state index contributed by atoms with van der Waals surface area (Å²) in [6.07, 6.45) is 1.02. The number of nitrogens with one attached hydrogen (secondary N) is 2. The molecule has 0 saturated carbocycles. The number of ether oxygens (including phenoxy) is 3. The third-order valence-electron chi connectivity index (χ3n) is 4.52. The van der Waals surface area contributed by atoms with Crippen molar-refractivity contribution in [1.29, 1.82) is 0 Å². The van der Waals surface area contributed by atoms with Gasteiger partial charge in [0.1, 0.15) is 23.4 Å². The van der Waals surface area contributed by atoms with Crippen LogP contribution in [-0.2, 0) is 9.53 Å². The highest BCUT2D eigenvalue weighted by Gasteiger charge is 2.25. The molecular formula is C22H25FN2O5. The first-order valence-corrected chi connectivity index (χ1v) is 9.94. The van der Waals surface area contributed by atoms with E-state index < -0.39 is 17.8 Å². The Kier molecular flexibility index (Phi) is 7.24. The summed E-state index contributed by atoms with van der Waals surface area (Å²) in [5.41, 5.74) is 1.11. The monoisotopic (exact) mass is 416 g/mol. The van der Waals surface area contributed by atoms with Crippen molar-refractivity contribution in [2.24, 2.45) is 0 Å². The van der Waals surface area contributed by atoms with Crippen LogP contribution in [0.2, 0.25) is 0 Å². The summed E-state index contributed by atoms with van der Waals surface area (Å²) in [6.45, 7) is 4.91. The molecule has 1 atom stereocenters. The van der Waals surface area contributed by atoms with Gasteiger partial charge in [0.2, 0.25) is 0 Å². The van der Waals surface area contributed by atoms with Crippen LogP contribution >= 0.6 is 0 Å². The molecule has 1 aliphatic heterocycles. The predicted molar refractivity (Wildman–Crippen MR) is 111 cm³/mol. The summed E-state index contributed by atoms with van der Waals surface area (Å²) in [7, 11) is 0. The van der Waals surface area contributed by atoms with Crippen molar-refractivity contribution in [2.75, 3.05) is 30.5 Å². The molecule has 7 nitrogen and oxygen atoms in total. The highest BCUT2D eigenvalue weighted by atomic mass is 19.1. The van der Waals surface area contributed by atoms with Gasteiger partial charge in [-0.3, -0.25) is 9.59 Å². The molecule has 2 aromatic carbocycles. The van der Waals surface area contributed by atoms with E-state index in [0.29, 0.717) is 54.7 Å². The van der Waals surface area contributed by atoms with Crippen LogP contribution in [0.15, 0.2) is 36.4 Å². The maximum absolute atomic E-state index is 13.1. The second-order valence-electron chi connectivity index (χ2n) is 6.66. The lowest BCUT2D eigenvalue weighted by atomic mass is 10.1. The molecule has 0 aliphatic carbocycles. The van der Waals surface area contributed by atoms with Crippen LogP contribution in [0.4, 0.5) is 15.8 Å². The molecule has 0 unspecified atom stereocenters. The maximum atomic E-state index is 13.1. The number of halogens is 1. The first-order valence-electron chi connectivity index (χ1n) is 9.94. The lowest BCUT2D eigenvalue weighted by Gasteiger charge is -2.19. The molecule has 30 heavy (non-hydrogen) atoms. The van der Waals surface area contributed by atoms with E-state index in [4.69, 9.17) is 14.2 Å². The van der Waals surface area contributed by atoms with Crippen LogP contribution in [-0.4, -0.2) is 37.7 Å². The van der Waals surface area contributed by atoms with Crippen LogP contribution in [0, 0.1) is 5.82 Å². The SMILES string of the molecule is CCOc1cc(NC(=O)[C@H]2CCCO2)c(OCC)cc1NC(=O)c1ccc(F)cc1. The Bertz CT molecular complexity index is 895. The van der Waals surface area contributed by atoms with E-state index >= 15 is 0 Å². The molecule has 1 heterocycles. The lowest BCUT2D eigenvalue weighted by molar-refractivity contribution is -0.124. The number of carbonyl (C=O) groups is 2. The summed E-state index contributed by atoms with van der Waals surface area (Å²) in [5, 5.41) is 5.59. The quantitative estimate of drug-likeness (QED) is 0.680. The van der Waals surface area contributed by atoms with E-state index in [0.717, 1.165) is 6.42 Å². The average molecular weight is 416 g/mol. The normalized spacial score (nSPS) is 15.5. The Hall–Kier alpha value is -3.13. The Morgan fingerprint density at radius 1 is 1.03 bits per heavy atom. The van der Waals surface area contributed by atoms with Gasteiger partial charge in [0, 0.05) is 24.3 Å². The highest BCUT2D eigenvalue weighted by Crippen LogP contribution is 2.37. The first-order chi connectivity index (χ1) is 14.5. The Balaban J connectivity index is 1.87. The number of carbonyl (C=O) groups excluding carboxylic acids is 2. The Morgan fingerprint density at radius 2 is 1.63 bits per heavy atom. The highest BCUT2D eigenvalue weighted by molar-refractivity contribution is 6.05. The first kappa shape index (κ1) is 21.6. The number of hydrogen-bond acceptors (Lipinski definition) is 5. The molecule has 1 fully saturated rings. The lowest BCUT2D eigenvalue weighted by Crippen LogP contribution is -2.27. The fourth-order valence-corrected chi connectivity index (χ4v) is 3.10. The predicted octanol–water partition coefficient (Wildman–Crippen LogP) is 3.99. The molecule has 0 aromatic heterocycles. The second-order valence-corrected chi connectivity index (χ2v) is 6.66. The van der Waals surface area contributed by atoms with Crippen LogP contribution in [0.5, 0.6) is 11.5 Å². The van der Waals surface area contributed by atoms with Crippen LogP contribution in [0.3, 0.4) is 0 Å². The molecule has 160 valence electrons. The van der Waals surface area contributed by atoms with Gasteiger partial charge in [-0.1, -0.05) is 0 Å². The van der Waals surface area contributed by atoms with Crippen molar-refractivity contribution in [3.05, 3.63) is 47.8 Å². The molecule has 2 aromatic rings. The average Bonchev–Trinajstić information content (AvgIpc) is 3.27. The largest absolute Gasteiger partial charge is 0.492 e. The molecule has 8 heteroatoms. The van der Waals surface area contributed by atoms with E-state index in [1.54, 1.807) is 12.1 Å². The van der Waals surface area contributed by atoms with E-state index in [2.05, 4.69) is 10.6 Å². The number of hydrogen-bond donors (Lipinski definition) is 2. The Labute approximate surface area is 174 Å². The van der Waals surface area contributed by atoms with Crippen molar-refractivity contribution >= 4 is 23.2 Å². The molecule has 1 aliphatic rings. The summed E-state index contributed by atoms with van der Waals surface area (Å²) in [6, 6.07) is 8.43. The number of benzene rings is 2. The number of rotatable bonds is 8. The third-order valence-corrected chi connectivity index (χ3v) is 4.52. The van der Waals surface area contributed by atoms with Crippen LogP contribution in [0.1, 0.15) is 37.0 Å². The maximum Gasteiger partial charge on any atom is 0.255 e. The minimum Gasteiger partial charge on any atom is -0.492 e. The standard InChI is InChI=1S/C22H25FN2O5/c1-3-28-19-13-17(25-22(27)18-6-5-11-30-18)20(29-4-2)12-16(19)24-21(26)14-7-9-15(23)10-8-14/h7-10,12-13,18H,3-6,11H2,1-2H3,(H,24,26)(H,25,27)/t18-/m1/s1. The van der Waals surface area contributed by atoms with Gasteiger partial charge in [-0.15, -0.1) is 0 Å². The van der Waals surface area contributed by atoms with Crippen molar-refractivity contribution < 1.29 is 28.2 Å². The number of anilines is 2. The molecule has 2 N–H and O–H groups in total. The third kappa shape index (κ3) is 5.27. The van der Waals surface area contributed by atoms with E-state index in [9.17, 15) is 14.0 Å². The fraction of sp³-hybridized carbons (Fsp3) is 0.364. The zero-order chi connectivity index (χ0) is 21.5. The van der Waals surface area contributed by atoms with Gasteiger partial charge in [-0.25, -0.2) is 4.39 Å². The summed E-state index contributed by atoms with van der Waals surface area (Å²) in [4.78, 5) is 25.1. The van der Waals surface area contributed by atoms with Crippen LogP contribution < -0.4 is 20.1 Å². The van der Waals surface area contributed by atoms with Crippen molar-refractivity contribution in [2.45, 2.75) is 32.8 Å². The van der Waals surface area contributed by atoms with Crippen molar-refractivity contribution in [1.82, 2.24) is 0 Å². The molecule has 1 saturated heterocycles. The van der Waals surface area contributed by atoms with Crippen molar-refractivity contribution in [3.63, 3.8) is 0 Å². The van der Waals surface area contributed by atoms with Gasteiger partial charge in [-0.2, -0.15) is 0 Å². The minimum atomic E-state index is -0.493. The zero-order valence-electron chi connectivity index (χ0n) is 17.0. The van der Waals surface area contributed by atoms with E-state index in [-0.39, 0.29) is 5.91 Å². The molecule has 0 radical (unpaired) electrons. The zero-order valence-corrected chi connectivity index (χ0v) is 17.0. The van der Waals surface area contributed by atoms with Gasteiger partial charge < -0.3 is 24.8 Å². The summed E-state index contributed by atoms with van der Waals surface area (Å²) in [5.74, 6) is -0.333. The topological polar surface area (TPSA) is 85.9 Å². The molecular weight excluding hydrogens is 391 g/mol. The minimum absolute atomic E-state index is 0.251. The van der Waals surface area contributed by atoms with Crippen LogP contribution in [0.25, 0.3) is 0 Å². The van der Waals surface area contributed by atoms with Crippen molar-refractivity contribution in [3.8, 4) is 11.5 Å². The van der Waals surface area contributed by atoms with E-state index in [1.165, 1.54) is 24.3 Å². The molecule has 2 amide bonds. The van der Waals surface area contributed by atoms with Gasteiger partial charge in [-0.05, 0) is 51.0 Å². The number of amides is 2. The van der Waals surface area contributed by atoms with Gasteiger partial charge >= 0.3 is 0 Å². The summed E-state index contributed by atoms with van der Waals surface area (Å²) < 4.78 is 29.9. The summed E-state index contributed by atoms with van der Waals surface area (Å²) >= 11 is 0. The van der Waals surface area contributed by atoms with Gasteiger partial charge in [0.25, 0.3) is 11.8 Å². The fourth-order valence-electron chi connectivity index (χ4n) is 3.10. The van der Waals surface area contributed by atoms with Gasteiger partial charge in [0.15, 0.2) is 0 Å². The molecule has 0 spiro atoms. The Morgan fingerprint density at radius 3 is 2.17 bits per heavy atom. The molecule has 3 rings (SSSR count). The van der Waals surface area contributed by atoms with Gasteiger partial charge in [0.05, 0.1) is 24.6 Å².